The van der Waals surface area contributed by atoms with E-state index in [1.807, 2.05) is 68.3 Å². The molecule has 2 aromatic carbocycles. The van der Waals surface area contributed by atoms with Crippen LogP contribution in [0.1, 0.15) is 27.9 Å². The van der Waals surface area contributed by atoms with Gasteiger partial charge < -0.3 is 14.5 Å². The summed E-state index contributed by atoms with van der Waals surface area (Å²) in [6.07, 6.45) is 0.866. The molecule has 1 saturated heterocycles. The third kappa shape index (κ3) is 6.82. The van der Waals surface area contributed by atoms with Crippen molar-refractivity contribution >= 4 is 11.8 Å². The third-order valence-corrected chi connectivity index (χ3v) is 5.57. The smallest absolute Gasteiger partial charge is 0.253 e. The van der Waals surface area contributed by atoms with Gasteiger partial charge in [0, 0.05) is 38.8 Å². The van der Waals surface area contributed by atoms with Crippen molar-refractivity contribution in [2.75, 3.05) is 52.9 Å². The summed E-state index contributed by atoms with van der Waals surface area (Å²) in [6.45, 7) is 8.35. The summed E-state index contributed by atoms with van der Waals surface area (Å²) in [5.74, 6) is 0.982. The van der Waals surface area contributed by atoms with E-state index in [1.165, 1.54) is 11.1 Å². The average molecular weight is 424 g/mol. The predicted molar refractivity (Wildman–Crippen MR) is 122 cm³/mol. The topological polar surface area (TPSA) is 53.1 Å². The zero-order chi connectivity index (χ0) is 22.2. The van der Waals surface area contributed by atoms with E-state index in [1.54, 1.807) is 4.90 Å². The second-order valence-electron chi connectivity index (χ2n) is 8.28. The summed E-state index contributed by atoms with van der Waals surface area (Å²) in [5, 5.41) is 0. The van der Waals surface area contributed by atoms with Crippen LogP contribution >= 0.6 is 0 Å². The van der Waals surface area contributed by atoms with E-state index in [0.717, 1.165) is 30.8 Å². The van der Waals surface area contributed by atoms with Crippen molar-refractivity contribution in [1.82, 2.24) is 14.7 Å². The zero-order valence-electron chi connectivity index (χ0n) is 18.8. The van der Waals surface area contributed by atoms with Crippen LogP contribution in [0.2, 0.25) is 0 Å². The summed E-state index contributed by atoms with van der Waals surface area (Å²) >= 11 is 0. The Labute approximate surface area is 185 Å². The zero-order valence-corrected chi connectivity index (χ0v) is 18.8. The van der Waals surface area contributed by atoms with Crippen molar-refractivity contribution in [2.24, 2.45) is 0 Å². The van der Waals surface area contributed by atoms with Crippen LogP contribution in [0.5, 0.6) is 5.75 Å². The number of carbonyl (C=O) groups is 2. The summed E-state index contributed by atoms with van der Waals surface area (Å²) in [4.78, 5) is 31.1. The van der Waals surface area contributed by atoms with Crippen LogP contribution in [-0.2, 0) is 4.79 Å². The van der Waals surface area contributed by atoms with Gasteiger partial charge in [0.1, 0.15) is 12.4 Å². The number of likely N-dealkylation sites (N-methyl/N-ethyl adjacent to an activating group) is 1. The maximum Gasteiger partial charge on any atom is 0.253 e. The standard InChI is InChI=1S/C25H33N3O3/c1-20-16-21(2)18-23(17-20)31-15-14-26(3)24(29)19-27-10-7-11-28(13-12-27)25(30)22-8-5-4-6-9-22/h4-6,8-9,16-18H,7,10-15,19H2,1-3H3. The van der Waals surface area contributed by atoms with Crippen LogP contribution in [0.4, 0.5) is 0 Å². The number of hydrogen-bond donors (Lipinski definition) is 0. The Morgan fingerprint density at radius 1 is 0.968 bits per heavy atom. The van der Waals surface area contributed by atoms with Crippen molar-refractivity contribution in [3.05, 3.63) is 65.2 Å². The van der Waals surface area contributed by atoms with Gasteiger partial charge >= 0.3 is 0 Å². The molecule has 1 fully saturated rings. The molecular weight excluding hydrogens is 390 g/mol. The van der Waals surface area contributed by atoms with Crippen LogP contribution in [0.3, 0.4) is 0 Å². The molecule has 0 N–H and O–H groups in total. The fourth-order valence-corrected chi connectivity index (χ4v) is 3.85. The minimum atomic E-state index is 0.0643. The molecule has 0 saturated carbocycles. The molecule has 0 atom stereocenters. The van der Waals surface area contributed by atoms with Gasteiger partial charge in [0.15, 0.2) is 0 Å². The van der Waals surface area contributed by atoms with Crippen molar-refractivity contribution in [1.29, 1.82) is 0 Å². The number of aryl methyl sites for hydroxylation is 2. The molecule has 0 spiro atoms. The fourth-order valence-electron chi connectivity index (χ4n) is 3.85. The minimum Gasteiger partial charge on any atom is -0.492 e. The summed E-state index contributed by atoms with van der Waals surface area (Å²) in [5.41, 5.74) is 3.05. The Kier molecular flexibility index (Phi) is 8.06. The molecule has 1 aliphatic heterocycles. The van der Waals surface area contributed by atoms with Crippen LogP contribution in [0.15, 0.2) is 48.5 Å². The fraction of sp³-hybridized carbons (Fsp3) is 0.440. The molecule has 2 aromatic rings. The Morgan fingerprint density at radius 2 is 1.68 bits per heavy atom. The largest absolute Gasteiger partial charge is 0.492 e. The molecule has 0 unspecified atom stereocenters. The van der Waals surface area contributed by atoms with Gasteiger partial charge in [-0.3, -0.25) is 14.5 Å². The molecule has 0 radical (unpaired) electrons. The summed E-state index contributed by atoms with van der Waals surface area (Å²) < 4.78 is 5.83. The Bertz CT molecular complexity index is 865. The molecule has 2 amide bonds. The van der Waals surface area contributed by atoms with E-state index in [4.69, 9.17) is 4.74 Å². The molecular formula is C25H33N3O3. The van der Waals surface area contributed by atoms with Gasteiger partial charge in [0.05, 0.1) is 13.1 Å². The van der Waals surface area contributed by atoms with Crippen molar-refractivity contribution in [3.8, 4) is 5.75 Å². The first-order valence-corrected chi connectivity index (χ1v) is 10.9. The van der Waals surface area contributed by atoms with Gasteiger partial charge in [0.2, 0.25) is 5.91 Å². The Balaban J connectivity index is 1.43. The number of rotatable bonds is 7. The normalized spacial score (nSPS) is 14.7. The molecule has 6 heteroatoms. The lowest BCUT2D eigenvalue weighted by Gasteiger charge is -2.24. The molecule has 3 rings (SSSR count). The number of nitrogens with zero attached hydrogens (tertiary/aromatic N) is 3. The molecule has 1 heterocycles. The van der Waals surface area contributed by atoms with Crippen molar-refractivity contribution in [3.63, 3.8) is 0 Å². The van der Waals surface area contributed by atoms with Gasteiger partial charge in [-0.1, -0.05) is 24.3 Å². The quantitative estimate of drug-likeness (QED) is 0.687. The Hall–Kier alpha value is -2.86. The first-order valence-electron chi connectivity index (χ1n) is 10.9. The Morgan fingerprint density at radius 3 is 2.39 bits per heavy atom. The monoisotopic (exact) mass is 423 g/mol. The maximum absolute atomic E-state index is 12.7. The van der Waals surface area contributed by atoms with Gasteiger partial charge in [-0.15, -0.1) is 0 Å². The number of amides is 2. The van der Waals surface area contributed by atoms with Gasteiger partial charge in [0.25, 0.3) is 5.91 Å². The second-order valence-corrected chi connectivity index (χ2v) is 8.28. The lowest BCUT2D eigenvalue weighted by molar-refractivity contribution is -0.131. The molecule has 6 nitrogen and oxygen atoms in total. The number of hydrogen-bond acceptors (Lipinski definition) is 4. The van der Waals surface area contributed by atoms with Gasteiger partial charge in [-0.2, -0.15) is 0 Å². The van der Waals surface area contributed by atoms with E-state index in [9.17, 15) is 9.59 Å². The second kappa shape index (κ2) is 11.0. The molecule has 166 valence electrons. The number of ether oxygens (including phenoxy) is 1. The van der Waals surface area contributed by atoms with E-state index in [0.29, 0.717) is 32.8 Å². The highest BCUT2D eigenvalue weighted by molar-refractivity contribution is 5.94. The highest BCUT2D eigenvalue weighted by atomic mass is 16.5. The highest BCUT2D eigenvalue weighted by Gasteiger charge is 2.22. The highest BCUT2D eigenvalue weighted by Crippen LogP contribution is 2.16. The van der Waals surface area contributed by atoms with E-state index in [-0.39, 0.29) is 11.8 Å². The van der Waals surface area contributed by atoms with Crippen LogP contribution in [-0.4, -0.2) is 79.4 Å². The third-order valence-electron chi connectivity index (χ3n) is 5.57. The predicted octanol–water partition coefficient (Wildman–Crippen LogP) is 2.99. The van der Waals surface area contributed by atoms with Crippen LogP contribution in [0, 0.1) is 13.8 Å². The SMILES string of the molecule is Cc1cc(C)cc(OCCN(C)C(=O)CN2CCCN(C(=O)c3ccccc3)CC2)c1. The molecule has 0 aliphatic carbocycles. The molecule has 1 aliphatic rings. The number of benzene rings is 2. The molecule has 0 bridgehead atoms. The lowest BCUT2D eigenvalue weighted by atomic mass is 10.1. The molecule has 31 heavy (non-hydrogen) atoms. The van der Waals surface area contributed by atoms with E-state index in [2.05, 4.69) is 11.0 Å². The van der Waals surface area contributed by atoms with Crippen LogP contribution < -0.4 is 4.74 Å². The average Bonchev–Trinajstić information content (AvgIpc) is 2.98. The lowest BCUT2D eigenvalue weighted by Crippen LogP contribution is -2.41. The summed E-state index contributed by atoms with van der Waals surface area (Å²) in [6, 6.07) is 15.5. The first-order chi connectivity index (χ1) is 14.9. The van der Waals surface area contributed by atoms with Crippen molar-refractivity contribution < 1.29 is 14.3 Å². The van der Waals surface area contributed by atoms with Gasteiger partial charge in [-0.05, 0) is 55.7 Å². The van der Waals surface area contributed by atoms with E-state index < -0.39 is 0 Å². The summed E-state index contributed by atoms with van der Waals surface area (Å²) in [7, 11) is 1.82. The molecule has 0 aromatic heterocycles. The van der Waals surface area contributed by atoms with E-state index >= 15 is 0 Å². The van der Waals surface area contributed by atoms with Crippen LogP contribution in [0.25, 0.3) is 0 Å². The van der Waals surface area contributed by atoms with Crippen molar-refractivity contribution in [2.45, 2.75) is 20.3 Å². The maximum atomic E-state index is 12.7. The minimum absolute atomic E-state index is 0.0643. The first kappa shape index (κ1) is 22.8. The van der Waals surface area contributed by atoms with Gasteiger partial charge in [-0.25, -0.2) is 0 Å². The number of carbonyl (C=O) groups excluding carboxylic acids is 2.